The maximum atomic E-state index is 6.11. The summed E-state index contributed by atoms with van der Waals surface area (Å²) in [5, 5.41) is 8.42. The molecule has 0 aliphatic heterocycles. The maximum absolute atomic E-state index is 6.11. The van der Waals surface area contributed by atoms with Crippen molar-refractivity contribution in [3.63, 3.8) is 0 Å². The minimum Gasteiger partial charge on any atom is -0.367 e. The first-order valence-electron chi connectivity index (χ1n) is 10.1. The number of aromatic nitrogens is 3. The van der Waals surface area contributed by atoms with Crippen molar-refractivity contribution in [1.82, 2.24) is 14.6 Å². The highest BCUT2D eigenvalue weighted by atomic mass is 15.3. The van der Waals surface area contributed by atoms with Crippen LogP contribution >= 0.6 is 0 Å². The number of anilines is 1. The van der Waals surface area contributed by atoms with Gasteiger partial charge in [0.25, 0.3) is 0 Å². The molecular formula is C20H29N5. The van der Waals surface area contributed by atoms with Crippen LogP contribution in [0.2, 0.25) is 0 Å². The highest BCUT2D eigenvalue weighted by Crippen LogP contribution is 2.43. The van der Waals surface area contributed by atoms with Gasteiger partial charge in [-0.3, -0.25) is 0 Å². The predicted octanol–water partition coefficient (Wildman–Crippen LogP) is 3.80. The average molecular weight is 339 g/mol. The Morgan fingerprint density at radius 2 is 2.04 bits per heavy atom. The van der Waals surface area contributed by atoms with Gasteiger partial charge in [0.1, 0.15) is 5.82 Å². The Morgan fingerprint density at radius 1 is 1.20 bits per heavy atom. The van der Waals surface area contributed by atoms with Crippen molar-refractivity contribution >= 4 is 11.5 Å². The summed E-state index contributed by atoms with van der Waals surface area (Å²) in [6, 6.07) is 3.05. The fraction of sp³-hybridized carbons (Fsp3) is 0.700. The first kappa shape index (κ1) is 15.6. The minimum atomic E-state index is 0.336. The van der Waals surface area contributed by atoms with Gasteiger partial charge in [0, 0.05) is 35.3 Å². The lowest BCUT2D eigenvalue weighted by atomic mass is 9.75. The van der Waals surface area contributed by atoms with Crippen molar-refractivity contribution in [2.24, 2.45) is 11.7 Å². The van der Waals surface area contributed by atoms with E-state index >= 15 is 0 Å². The van der Waals surface area contributed by atoms with Crippen LogP contribution in [0, 0.1) is 5.92 Å². The number of nitrogens with one attached hydrogen (secondary N) is 1. The lowest BCUT2D eigenvalue weighted by Gasteiger charge is -2.31. The van der Waals surface area contributed by atoms with Crippen LogP contribution in [0.5, 0.6) is 0 Å². The topological polar surface area (TPSA) is 68.2 Å². The van der Waals surface area contributed by atoms with Gasteiger partial charge in [-0.05, 0) is 56.8 Å². The van der Waals surface area contributed by atoms with Gasteiger partial charge < -0.3 is 11.1 Å². The molecule has 5 nitrogen and oxygen atoms in total. The summed E-state index contributed by atoms with van der Waals surface area (Å²) in [6.07, 6.45) is 12.0. The summed E-state index contributed by atoms with van der Waals surface area (Å²) in [5.41, 5.74) is 9.77. The molecule has 2 heterocycles. The number of nitrogens with two attached hydrogens (primary N) is 1. The van der Waals surface area contributed by atoms with E-state index in [0.29, 0.717) is 23.9 Å². The van der Waals surface area contributed by atoms with E-state index in [1.165, 1.54) is 43.4 Å². The first-order chi connectivity index (χ1) is 12.2. The molecule has 2 aromatic rings. The van der Waals surface area contributed by atoms with E-state index in [0.717, 1.165) is 36.6 Å². The van der Waals surface area contributed by atoms with Crippen molar-refractivity contribution in [3.8, 4) is 0 Å². The van der Waals surface area contributed by atoms with E-state index in [2.05, 4.69) is 23.4 Å². The molecule has 0 amide bonds. The Morgan fingerprint density at radius 3 is 2.68 bits per heavy atom. The summed E-state index contributed by atoms with van der Waals surface area (Å²) in [5.74, 6) is 3.12. The second kappa shape index (κ2) is 5.97. The quantitative estimate of drug-likeness (QED) is 0.869. The number of hydrogen-bond donors (Lipinski definition) is 2. The molecular weight excluding hydrogens is 310 g/mol. The van der Waals surface area contributed by atoms with Crippen LogP contribution in [0.4, 0.5) is 5.82 Å². The fourth-order valence-corrected chi connectivity index (χ4v) is 4.55. The van der Waals surface area contributed by atoms with Crippen LogP contribution in [0.15, 0.2) is 12.3 Å². The molecule has 3 fully saturated rings. The molecule has 0 spiro atoms. The first-order valence-corrected chi connectivity index (χ1v) is 10.1. The van der Waals surface area contributed by atoms with Gasteiger partial charge in [0.05, 0.1) is 6.20 Å². The fourth-order valence-electron chi connectivity index (χ4n) is 4.55. The molecule has 0 bridgehead atoms. The molecule has 3 atom stereocenters. The van der Waals surface area contributed by atoms with Crippen LogP contribution in [-0.4, -0.2) is 26.7 Å². The normalized spacial score (nSPS) is 28.2. The van der Waals surface area contributed by atoms with E-state index in [-0.39, 0.29) is 0 Å². The van der Waals surface area contributed by atoms with Gasteiger partial charge in [-0.1, -0.05) is 13.3 Å². The van der Waals surface area contributed by atoms with Gasteiger partial charge >= 0.3 is 0 Å². The third-order valence-electron chi connectivity index (χ3n) is 6.68. The number of hydrogen-bond acceptors (Lipinski definition) is 4. The number of rotatable bonds is 5. The molecule has 0 saturated heterocycles. The lowest BCUT2D eigenvalue weighted by Crippen LogP contribution is -2.23. The van der Waals surface area contributed by atoms with Crippen molar-refractivity contribution in [1.29, 1.82) is 0 Å². The van der Waals surface area contributed by atoms with Crippen LogP contribution in [-0.2, 0) is 0 Å². The highest BCUT2D eigenvalue weighted by Gasteiger charge is 2.31. The Balaban J connectivity index is 1.53. The molecule has 0 radical (unpaired) electrons. The Hall–Kier alpha value is -1.62. The number of fused-ring (bicyclic) bond motifs is 1. The van der Waals surface area contributed by atoms with E-state index in [1.807, 2.05) is 10.7 Å². The zero-order valence-corrected chi connectivity index (χ0v) is 15.1. The second-order valence-corrected chi connectivity index (χ2v) is 8.57. The summed E-state index contributed by atoms with van der Waals surface area (Å²) in [4.78, 5) is 5.09. The molecule has 3 N–H and O–H groups in total. The molecule has 3 saturated carbocycles. The molecule has 5 rings (SSSR count). The molecule has 1 unspecified atom stereocenters. The third-order valence-corrected chi connectivity index (χ3v) is 6.68. The van der Waals surface area contributed by atoms with Crippen LogP contribution in [0.3, 0.4) is 0 Å². The summed E-state index contributed by atoms with van der Waals surface area (Å²) in [6.45, 7) is 2.35. The maximum Gasteiger partial charge on any atom is 0.161 e. The number of nitrogens with zero attached hydrogens (tertiary/aromatic N) is 3. The Kier molecular flexibility index (Phi) is 3.73. The van der Waals surface area contributed by atoms with Gasteiger partial charge in [-0.2, -0.15) is 9.61 Å². The molecule has 3 aliphatic carbocycles. The highest BCUT2D eigenvalue weighted by molar-refractivity contribution is 5.57. The van der Waals surface area contributed by atoms with Crippen LogP contribution in [0.25, 0.3) is 5.65 Å². The minimum absolute atomic E-state index is 0.336. The lowest BCUT2D eigenvalue weighted by molar-refractivity contribution is 0.269. The summed E-state index contributed by atoms with van der Waals surface area (Å²) >= 11 is 0. The zero-order valence-electron chi connectivity index (χ0n) is 15.1. The summed E-state index contributed by atoms with van der Waals surface area (Å²) in [7, 11) is 0. The Labute approximate surface area is 149 Å². The second-order valence-electron chi connectivity index (χ2n) is 8.57. The molecule has 3 aliphatic rings. The average Bonchev–Trinajstić information content (AvgIpc) is 3.16. The largest absolute Gasteiger partial charge is 0.367 e. The third kappa shape index (κ3) is 2.82. The SMILES string of the molecule is CC(c1cc(N[C@H]2CC[C@H](N)C2)n2ncc(C3CC3)c2n1)C1CCC1. The van der Waals surface area contributed by atoms with Crippen molar-refractivity contribution < 1.29 is 0 Å². The zero-order chi connectivity index (χ0) is 17.0. The standard InChI is InChI=1S/C20H29N5/c1-12(13-3-2-4-13)18-10-19(23-16-8-7-15(21)9-16)25-20(24-18)17(11-22-25)14-5-6-14/h10-16,23H,2-9,21H2,1H3/t12?,15-,16-/m0/s1. The van der Waals surface area contributed by atoms with E-state index < -0.39 is 0 Å². The van der Waals surface area contributed by atoms with Gasteiger partial charge in [0.15, 0.2) is 5.65 Å². The van der Waals surface area contributed by atoms with E-state index in [1.54, 1.807) is 0 Å². The monoisotopic (exact) mass is 339 g/mol. The predicted molar refractivity (Wildman–Crippen MR) is 100.0 cm³/mol. The molecule has 134 valence electrons. The van der Waals surface area contributed by atoms with Crippen LogP contribution in [0.1, 0.15) is 81.4 Å². The molecule has 5 heteroatoms. The van der Waals surface area contributed by atoms with Crippen LogP contribution < -0.4 is 11.1 Å². The molecule has 25 heavy (non-hydrogen) atoms. The molecule has 0 aromatic carbocycles. The molecule has 2 aromatic heterocycles. The smallest absolute Gasteiger partial charge is 0.161 e. The van der Waals surface area contributed by atoms with Crippen molar-refractivity contribution in [2.45, 2.75) is 82.2 Å². The van der Waals surface area contributed by atoms with Crippen molar-refractivity contribution in [3.05, 3.63) is 23.5 Å². The summed E-state index contributed by atoms with van der Waals surface area (Å²) < 4.78 is 2.04. The van der Waals surface area contributed by atoms with Gasteiger partial charge in [-0.15, -0.1) is 0 Å². The van der Waals surface area contributed by atoms with E-state index in [4.69, 9.17) is 10.7 Å². The van der Waals surface area contributed by atoms with Gasteiger partial charge in [0.2, 0.25) is 0 Å². The van der Waals surface area contributed by atoms with E-state index in [9.17, 15) is 0 Å². The van der Waals surface area contributed by atoms with Gasteiger partial charge in [-0.25, -0.2) is 4.98 Å². The Bertz CT molecular complexity index is 774. The van der Waals surface area contributed by atoms with Crippen molar-refractivity contribution in [2.75, 3.05) is 5.32 Å².